The predicted molar refractivity (Wildman–Crippen MR) is 69.2 cm³/mol. The monoisotopic (exact) mass is 228 g/mol. The number of rotatable bonds is 10. The topological polar surface area (TPSA) is 55.1 Å². The minimum atomic E-state index is 0.170. The molecule has 0 fully saturated rings. The lowest BCUT2D eigenvalue weighted by molar-refractivity contribution is -0.124. The molecule has 0 aliphatic heterocycles. The number of hydrogen-bond acceptors (Lipinski definition) is 2. The Hall–Kier alpha value is -0.570. The Bertz CT molecular complexity index is 171. The number of hydrogen-bond donors (Lipinski definition) is 2. The summed E-state index contributed by atoms with van der Waals surface area (Å²) in [6.07, 6.45) is 7.84. The second kappa shape index (κ2) is 10.9. The number of nitrogens with one attached hydrogen (secondary N) is 1. The molecule has 3 nitrogen and oxygen atoms in total. The Labute approximate surface area is 100 Å². The molecule has 0 aromatic carbocycles. The van der Waals surface area contributed by atoms with Crippen molar-refractivity contribution in [3.8, 4) is 0 Å². The smallest absolute Gasteiger partial charge is 0.222 e. The van der Waals surface area contributed by atoms with Gasteiger partial charge in [-0.2, -0.15) is 0 Å². The maximum atomic E-state index is 11.6. The van der Waals surface area contributed by atoms with E-state index in [9.17, 15) is 4.79 Å². The molecular weight excluding hydrogens is 200 g/mol. The molecule has 0 rings (SSSR count). The van der Waals surface area contributed by atoms with Crippen LogP contribution in [0.4, 0.5) is 0 Å². The predicted octanol–water partition coefficient (Wildman–Crippen LogP) is 2.45. The Morgan fingerprint density at radius 3 is 2.50 bits per heavy atom. The van der Waals surface area contributed by atoms with Crippen LogP contribution in [0.25, 0.3) is 0 Å². The maximum Gasteiger partial charge on any atom is 0.222 e. The fourth-order valence-electron chi connectivity index (χ4n) is 1.65. The SMILES string of the molecule is CCCCC(C)C(=O)NCCCCCCN. The molecule has 0 aromatic rings. The summed E-state index contributed by atoms with van der Waals surface area (Å²) in [6, 6.07) is 0. The van der Waals surface area contributed by atoms with E-state index in [-0.39, 0.29) is 11.8 Å². The normalized spacial score (nSPS) is 12.4. The highest BCUT2D eigenvalue weighted by atomic mass is 16.1. The zero-order chi connectivity index (χ0) is 12.2. The molecule has 3 N–H and O–H groups in total. The van der Waals surface area contributed by atoms with Gasteiger partial charge < -0.3 is 11.1 Å². The molecule has 1 unspecified atom stereocenters. The van der Waals surface area contributed by atoms with Crippen LogP contribution in [0.3, 0.4) is 0 Å². The third-order valence-corrected chi connectivity index (χ3v) is 2.87. The Morgan fingerprint density at radius 1 is 1.19 bits per heavy atom. The van der Waals surface area contributed by atoms with E-state index in [0.29, 0.717) is 0 Å². The van der Waals surface area contributed by atoms with Crippen LogP contribution < -0.4 is 11.1 Å². The minimum Gasteiger partial charge on any atom is -0.356 e. The van der Waals surface area contributed by atoms with E-state index in [1.807, 2.05) is 6.92 Å². The molecule has 0 saturated carbocycles. The van der Waals surface area contributed by atoms with Crippen LogP contribution in [-0.2, 0) is 4.79 Å². The van der Waals surface area contributed by atoms with Gasteiger partial charge >= 0.3 is 0 Å². The van der Waals surface area contributed by atoms with E-state index in [0.717, 1.165) is 45.2 Å². The van der Waals surface area contributed by atoms with Gasteiger partial charge in [-0.25, -0.2) is 0 Å². The largest absolute Gasteiger partial charge is 0.356 e. The molecule has 16 heavy (non-hydrogen) atoms. The summed E-state index contributed by atoms with van der Waals surface area (Å²) in [5.74, 6) is 0.385. The van der Waals surface area contributed by atoms with Crippen molar-refractivity contribution in [3.05, 3.63) is 0 Å². The molecule has 0 bridgehead atoms. The average molecular weight is 228 g/mol. The molecule has 1 atom stereocenters. The molecular formula is C13H28N2O. The molecule has 0 saturated heterocycles. The van der Waals surface area contributed by atoms with Crippen LogP contribution in [0.5, 0.6) is 0 Å². The lowest BCUT2D eigenvalue weighted by Gasteiger charge is -2.11. The molecule has 0 aliphatic carbocycles. The second-order valence-electron chi connectivity index (χ2n) is 4.54. The summed E-state index contributed by atoms with van der Waals surface area (Å²) in [5.41, 5.74) is 5.41. The van der Waals surface area contributed by atoms with E-state index < -0.39 is 0 Å². The molecule has 96 valence electrons. The van der Waals surface area contributed by atoms with Gasteiger partial charge in [-0.1, -0.05) is 39.5 Å². The van der Waals surface area contributed by atoms with Gasteiger partial charge in [-0.3, -0.25) is 4.79 Å². The number of unbranched alkanes of at least 4 members (excludes halogenated alkanes) is 4. The first-order valence-electron chi connectivity index (χ1n) is 6.70. The first-order chi connectivity index (χ1) is 7.72. The summed E-state index contributed by atoms with van der Waals surface area (Å²) >= 11 is 0. The number of amides is 1. The van der Waals surface area contributed by atoms with Gasteiger partial charge in [-0.05, 0) is 25.8 Å². The first-order valence-corrected chi connectivity index (χ1v) is 6.70. The van der Waals surface area contributed by atoms with Gasteiger partial charge in [0.15, 0.2) is 0 Å². The van der Waals surface area contributed by atoms with Crippen LogP contribution in [0, 0.1) is 5.92 Å². The van der Waals surface area contributed by atoms with Crippen LogP contribution >= 0.6 is 0 Å². The van der Waals surface area contributed by atoms with Crippen LogP contribution in [0.15, 0.2) is 0 Å². The molecule has 0 aromatic heterocycles. The quantitative estimate of drug-likeness (QED) is 0.564. The molecule has 0 spiro atoms. The molecule has 0 radical (unpaired) electrons. The van der Waals surface area contributed by atoms with E-state index in [2.05, 4.69) is 12.2 Å². The Balaban J connectivity index is 3.35. The third kappa shape index (κ3) is 8.72. The first kappa shape index (κ1) is 15.4. The molecule has 3 heteroatoms. The summed E-state index contributed by atoms with van der Waals surface area (Å²) in [7, 11) is 0. The summed E-state index contributed by atoms with van der Waals surface area (Å²) < 4.78 is 0. The molecule has 1 amide bonds. The summed E-state index contributed by atoms with van der Waals surface area (Å²) in [6.45, 7) is 5.77. The van der Waals surface area contributed by atoms with Crippen molar-refractivity contribution in [2.45, 2.75) is 58.8 Å². The van der Waals surface area contributed by atoms with E-state index in [4.69, 9.17) is 5.73 Å². The highest BCUT2D eigenvalue weighted by molar-refractivity contribution is 5.78. The number of nitrogens with two attached hydrogens (primary N) is 1. The van der Waals surface area contributed by atoms with Crippen molar-refractivity contribution in [1.82, 2.24) is 5.32 Å². The number of carbonyl (C=O) groups excluding carboxylic acids is 1. The van der Waals surface area contributed by atoms with Gasteiger partial charge in [0.1, 0.15) is 0 Å². The third-order valence-electron chi connectivity index (χ3n) is 2.87. The fourth-order valence-corrected chi connectivity index (χ4v) is 1.65. The van der Waals surface area contributed by atoms with Gasteiger partial charge in [0.05, 0.1) is 0 Å². The van der Waals surface area contributed by atoms with Gasteiger partial charge in [0.25, 0.3) is 0 Å². The van der Waals surface area contributed by atoms with E-state index in [1.165, 1.54) is 12.8 Å². The number of carbonyl (C=O) groups is 1. The highest BCUT2D eigenvalue weighted by Gasteiger charge is 2.10. The highest BCUT2D eigenvalue weighted by Crippen LogP contribution is 2.07. The van der Waals surface area contributed by atoms with Crippen molar-refractivity contribution in [1.29, 1.82) is 0 Å². The fraction of sp³-hybridized carbons (Fsp3) is 0.923. The van der Waals surface area contributed by atoms with Crippen molar-refractivity contribution >= 4 is 5.91 Å². The van der Waals surface area contributed by atoms with E-state index in [1.54, 1.807) is 0 Å². The standard InChI is InChI=1S/C13H28N2O/c1-3-4-9-12(2)13(16)15-11-8-6-5-7-10-14/h12H,3-11,14H2,1-2H3,(H,15,16). The Kier molecular flexibility index (Phi) is 10.5. The van der Waals surface area contributed by atoms with Gasteiger partial charge in [0, 0.05) is 12.5 Å². The van der Waals surface area contributed by atoms with Gasteiger partial charge in [-0.15, -0.1) is 0 Å². The van der Waals surface area contributed by atoms with E-state index >= 15 is 0 Å². The summed E-state index contributed by atoms with van der Waals surface area (Å²) in [5, 5.41) is 3.00. The van der Waals surface area contributed by atoms with Crippen molar-refractivity contribution in [2.24, 2.45) is 11.7 Å². The minimum absolute atomic E-state index is 0.170. The van der Waals surface area contributed by atoms with Crippen molar-refractivity contribution in [2.75, 3.05) is 13.1 Å². The maximum absolute atomic E-state index is 11.6. The zero-order valence-electron chi connectivity index (χ0n) is 10.9. The van der Waals surface area contributed by atoms with Crippen LogP contribution in [0.1, 0.15) is 58.8 Å². The zero-order valence-corrected chi connectivity index (χ0v) is 10.9. The Morgan fingerprint density at radius 2 is 1.88 bits per heavy atom. The van der Waals surface area contributed by atoms with Crippen LogP contribution in [-0.4, -0.2) is 19.0 Å². The van der Waals surface area contributed by atoms with Crippen molar-refractivity contribution < 1.29 is 4.79 Å². The average Bonchev–Trinajstić information content (AvgIpc) is 2.30. The summed E-state index contributed by atoms with van der Waals surface area (Å²) in [4.78, 5) is 11.6. The van der Waals surface area contributed by atoms with Crippen LogP contribution in [0.2, 0.25) is 0 Å². The van der Waals surface area contributed by atoms with Crippen molar-refractivity contribution in [3.63, 3.8) is 0 Å². The lowest BCUT2D eigenvalue weighted by atomic mass is 10.0. The second-order valence-corrected chi connectivity index (χ2v) is 4.54. The molecule has 0 heterocycles. The lowest BCUT2D eigenvalue weighted by Crippen LogP contribution is -2.30. The molecule has 0 aliphatic rings. The van der Waals surface area contributed by atoms with Gasteiger partial charge in [0.2, 0.25) is 5.91 Å².